The molecular formula is C13H20O4S. The van der Waals surface area contributed by atoms with Crippen LogP contribution in [-0.4, -0.2) is 26.4 Å². The maximum absolute atomic E-state index is 11.6. The molecule has 0 bridgehead atoms. The van der Waals surface area contributed by atoms with Crippen molar-refractivity contribution >= 4 is 10.1 Å². The zero-order valence-electron chi connectivity index (χ0n) is 11.0. The highest BCUT2D eigenvalue weighted by Crippen LogP contribution is 2.16. The van der Waals surface area contributed by atoms with Crippen LogP contribution in [-0.2, 0) is 25.6 Å². The van der Waals surface area contributed by atoms with Crippen LogP contribution in [0.2, 0.25) is 0 Å². The van der Waals surface area contributed by atoms with E-state index in [0.29, 0.717) is 6.61 Å². The van der Waals surface area contributed by atoms with Gasteiger partial charge in [0.1, 0.15) is 0 Å². The van der Waals surface area contributed by atoms with Crippen molar-refractivity contribution in [3.05, 3.63) is 35.9 Å². The lowest BCUT2D eigenvalue weighted by molar-refractivity contribution is 0.0898. The summed E-state index contributed by atoms with van der Waals surface area (Å²) < 4.78 is 32.5. The summed E-state index contributed by atoms with van der Waals surface area (Å²) in [4.78, 5) is 0. The SMILES string of the molecule is CC(C)(C)S(=O)(=O)OCCOCc1ccccc1. The van der Waals surface area contributed by atoms with Gasteiger partial charge in [-0.25, -0.2) is 0 Å². The van der Waals surface area contributed by atoms with Gasteiger partial charge in [0.05, 0.1) is 24.6 Å². The molecule has 0 aromatic heterocycles. The lowest BCUT2D eigenvalue weighted by Crippen LogP contribution is -2.30. The van der Waals surface area contributed by atoms with E-state index in [1.807, 2.05) is 30.3 Å². The third kappa shape index (κ3) is 4.76. The first-order valence-corrected chi connectivity index (χ1v) is 7.24. The van der Waals surface area contributed by atoms with Crippen molar-refractivity contribution in [2.75, 3.05) is 13.2 Å². The summed E-state index contributed by atoms with van der Waals surface area (Å²) in [5.41, 5.74) is 1.05. The lowest BCUT2D eigenvalue weighted by Gasteiger charge is -2.18. The number of hydrogen-bond acceptors (Lipinski definition) is 4. The molecule has 0 unspecified atom stereocenters. The fraction of sp³-hybridized carbons (Fsp3) is 0.538. The first kappa shape index (κ1) is 15.1. The molecular weight excluding hydrogens is 252 g/mol. The van der Waals surface area contributed by atoms with E-state index in [1.165, 1.54) is 0 Å². The Kier molecular flexibility index (Phi) is 5.31. The Morgan fingerprint density at radius 1 is 1.06 bits per heavy atom. The molecule has 0 fully saturated rings. The summed E-state index contributed by atoms with van der Waals surface area (Å²) in [6, 6.07) is 9.69. The minimum atomic E-state index is -3.52. The van der Waals surface area contributed by atoms with E-state index in [-0.39, 0.29) is 13.2 Å². The molecule has 0 N–H and O–H groups in total. The summed E-state index contributed by atoms with van der Waals surface area (Å²) in [5.74, 6) is 0. The fourth-order valence-corrected chi connectivity index (χ4v) is 1.78. The van der Waals surface area contributed by atoms with Crippen LogP contribution in [0.4, 0.5) is 0 Å². The van der Waals surface area contributed by atoms with Gasteiger partial charge in [0.25, 0.3) is 10.1 Å². The van der Waals surface area contributed by atoms with Crippen LogP contribution < -0.4 is 0 Å². The second-order valence-electron chi connectivity index (χ2n) is 4.93. The van der Waals surface area contributed by atoms with Crippen molar-refractivity contribution in [3.8, 4) is 0 Å². The Labute approximate surface area is 109 Å². The monoisotopic (exact) mass is 272 g/mol. The van der Waals surface area contributed by atoms with Crippen LogP contribution in [0.25, 0.3) is 0 Å². The van der Waals surface area contributed by atoms with Crippen LogP contribution in [0.15, 0.2) is 30.3 Å². The molecule has 0 saturated heterocycles. The van der Waals surface area contributed by atoms with E-state index >= 15 is 0 Å². The minimum Gasteiger partial charge on any atom is -0.374 e. The van der Waals surface area contributed by atoms with E-state index in [9.17, 15) is 8.42 Å². The molecule has 5 heteroatoms. The average Bonchev–Trinajstić information content (AvgIpc) is 2.28. The van der Waals surface area contributed by atoms with Gasteiger partial charge in [-0.05, 0) is 26.3 Å². The number of rotatable bonds is 6. The van der Waals surface area contributed by atoms with E-state index < -0.39 is 14.9 Å². The summed E-state index contributed by atoms with van der Waals surface area (Å²) in [5, 5.41) is 0. The maximum atomic E-state index is 11.6. The summed E-state index contributed by atoms with van der Waals surface area (Å²) in [6.45, 7) is 5.57. The van der Waals surface area contributed by atoms with Gasteiger partial charge in [0, 0.05) is 0 Å². The van der Waals surface area contributed by atoms with Crippen molar-refractivity contribution in [3.63, 3.8) is 0 Å². The molecule has 0 radical (unpaired) electrons. The van der Waals surface area contributed by atoms with Crippen molar-refractivity contribution in [1.82, 2.24) is 0 Å². The predicted molar refractivity (Wildman–Crippen MR) is 70.7 cm³/mol. The molecule has 0 saturated carbocycles. The fourth-order valence-electron chi connectivity index (χ4n) is 1.14. The lowest BCUT2D eigenvalue weighted by atomic mass is 10.2. The molecule has 0 atom stereocenters. The molecule has 1 aromatic carbocycles. The Morgan fingerprint density at radius 3 is 2.22 bits per heavy atom. The second-order valence-corrected chi connectivity index (χ2v) is 7.30. The zero-order chi connectivity index (χ0) is 13.6. The Bertz CT molecular complexity index is 446. The van der Waals surface area contributed by atoms with Crippen LogP contribution in [0, 0.1) is 0 Å². The van der Waals surface area contributed by atoms with Gasteiger partial charge in [0.2, 0.25) is 0 Å². The molecule has 4 nitrogen and oxygen atoms in total. The van der Waals surface area contributed by atoms with Crippen LogP contribution in [0.5, 0.6) is 0 Å². The zero-order valence-corrected chi connectivity index (χ0v) is 11.9. The first-order valence-electron chi connectivity index (χ1n) is 5.83. The highest BCUT2D eigenvalue weighted by molar-refractivity contribution is 7.88. The number of ether oxygens (including phenoxy) is 1. The maximum Gasteiger partial charge on any atom is 0.272 e. The van der Waals surface area contributed by atoms with Gasteiger partial charge < -0.3 is 4.74 Å². The van der Waals surface area contributed by atoms with Gasteiger partial charge in [0.15, 0.2) is 0 Å². The molecule has 0 aliphatic heterocycles. The quantitative estimate of drug-likeness (QED) is 0.589. The van der Waals surface area contributed by atoms with Crippen molar-refractivity contribution < 1.29 is 17.3 Å². The molecule has 0 heterocycles. The summed E-state index contributed by atoms with van der Waals surface area (Å²) >= 11 is 0. The normalized spacial score (nSPS) is 12.6. The summed E-state index contributed by atoms with van der Waals surface area (Å²) in [6.07, 6.45) is 0. The van der Waals surface area contributed by atoms with E-state index in [4.69, 9.17) is 8.92 Å². The number of benzene rings is 1. The Balaban J connectivity index is 2.24. The van der Waals surface area contributed by atoms with E-state index in [2.05, 4.69) is 0 Å². The molecule has 18 heavy (non-hydrogen) atoms. The highest BCUT2D eigenvalue weighted by Gasteiger charge is 2.29. The minimum absolute atomic E-state index is 0.0481. The van der Waals surface area contributed by atoms with Crippen LogP contribution >= 0.6 is 0 Å². The van der Waals surface area contributed by atoms with E-state index in [0.717, 1.165) is 5.56 Å². The average molecular weight is 272 g/mol. The van der Waals surface area contributed by atoms with Crippen molar-refractivity contribution in [2.45, 2.75) is 32.1 Å². The molecule has 1 aromatic rings. The molecule has 0 aliphatic rings. The highest BCUT2D eigenvalue weighted by atomic mass is 32.2. The Hall–Kier alpha value is -0.910. The third-order valence-electron chi connectivity index (χ3n) is 2.33. The van der Waals surface area contributed by atoms with Gasteiger partial charge in [-0.15, -0.1) is 0 Å². The topological polar surface area (TPSA) is 52.6 Å². The van der Waals surface area contributed by atoms with Gasteiger partial charge in [-0.3, -0.25) is 4.18 Å². The Morgan fingerprint density at radius 2 is 1.67 bits per heavy atom. The molecule has 1 rings (SSSR count). The van der Waals surface area contributed by atoms with Crippen molar-refractivity contribution in [1.29, 1.82) is 0 Å². The predicted octanol–water partition coefficient (Wildman–Crippen LogP) is 2.35. The smallest absolute Gasteiger partial charge is 0.272 e. The molecule has 0 spiro atoms. The first-order chi connectivity index (χ1) is 8.33. The molecule has 102 valence electrons. The van der Waals surface area contributed by atoms with Gasteiger partial charge in [-0.1, -0.05) is 30.3 Å². The van der Waals surface area contributed by atoms with Crippen molar-refractivity contribution in [2.24, 2.45) is 0 Å². The van der Waals surface area contributed by atoms with Gasteiger partial charge in [-0.2, -0.15) is 8.42 Å². The standard InChI is InChI=1S/C13H20O4S/c1-13(2,3)18(14,15)17-10-9-16-11-12-7-5-4-6-8-12/h4-8H,9-11H2,1-3H3. The largest absolute Gasteiger partial charge is 0.374 e. The van der Waals surface area contributed by atoms with Crippen LogP contribution in [0.3, 0.4) is 0 Å². The molecule has 0 aliphatic carbocycles. The molecule has 0 amide bonds. The third-order valence-corrected chi connectivity index (χ3v) is 4.30. The number of hydrogen-bond donors (Lipinski definition) is 0. The van der Waals surface area contributed by atoms with Gasteiger partial charge >= 0.3 is 0 Å². The second kappa shape index (κ2) is 6.31. The van der Waals surface area contributed by atoms with E-state index in [1.54, 1.807) is 20.8 Å². The summed E-state index contributed by atoms with van der Waals surface area (Å²) in [7, 11) is -3.52. The van der Waals surface area contributed by atoms with Crippen LogP contribution in [0.1, 0.15) is 26.3 Å².